The average molecular weight is 763 g/mol. The van der Waals surface area contributed by atoms with E-state index in [9.17, 15) is 27.9 Å². The molecule has 15 heteroatoms. The maximum atomic E-state index is 14.8. The first-order chi connectivity index (χ1) is 26.3. The summed E-state index contributed by atoms with van der Waals surface area (Å²) < 4.78 is 58.0. The van der Waals surface area contributed by atoms with E-state index in [1.807, 2.05) is 90.8 Å². The molecule has 2 fully saturated rings. The van der Waals surface area contributed by atoms with Gasteiger partial charge >= 0.3 is 6.18 Å². The van der Waals surface area contributed by atoms with E-state index >= 15 is 0 Å². The van der Waals surface area contributed by atoms with Gasteiger partial charge in [0.25, 0.3) is 0 Å². The smallest absolute Gasteiger partial charge is 0.405 e. The van der Waals surface area contributed by atoms with Crippen LogP contribution in [0, 0.1) is 5.92 Å². The number of aliphatic hydroxyl groups excluding tert-OH is 1. The van der Waals surface area contributed by atoms with Gasteiger partial charge in [-0.05, 0) is 50.5 Å². The SMILES string of the molecule is CC1(C)O[C@@H]2COc3ccccc3[C@@H]2N1C(=O)[C@H](Cc1cncnc1)C[C@H](O)CN1CCN(Cc2ccc(-c3ccccc3)o2)C[C@H]1C(=O)NCC(F)(F)F. The van der Waals surface area contributed by atoms with Crippen molar-refractivity contribution >= 4 is 11.8 Å². The van der Waals surface area contributed by atoms with Crippen LogP contribution in [0.2, 0.25) is 0 Å². The minimum Gasteiger partial charge on any atom is -0.490 e. The first kappa shape index (κ1) is 38.4. The maximum Gasteiger partial charge on any atom is 0.405 e. The number of halogens is 3. The molecule has 292 valence electrons. The molecule has 2 N–H and O–H groups in total. The Labute approximate surface area is 317 Å². The highest BCUT2D eigenvalue weighted by atomic mass is 19.4. The number of hydrogen-bond donors (Lipinski definition) is 2. The number of β-amino-alcohol motifs (C(OH)–C–C–N with tert-alkyl or cyclic N) is 1. The van der Waals surface area contributed by atoms with E-state index in [0.29, 0.717) is 35.9 Å². The minimum absolute atomic E-state index is 0.00159. The predicted octanol–water partition coefficient (Wildman–Crippen LogP) is 4.61. The molecule has 0 spiro atoms. The number of furan rings is 1. The average Bonchev–Trinajstić information content (AvgIpc) is 3.75. The second-order valence-electron chi connectivity index (χ2n) is 14.9. The molecule has 12 nitrogen and oxygen atoms in total. The first-order valence-electron chi connectivity index (χ1n) is 18.4. The van der Waals surface area contributed by atoms with Gasteiger partial charge in [-0.1, -0.05) is 48.5 Å². The number of carbonyl (C=O) groups is 2. The van der Waals surface area contributed by atoms with E-state index in [0.717, 1.165) is 11.1 Å². The molecule has 4 aromatic rings. The Balaban J connectivity index is 1.09. The standard InChI is InChI=1S/C40H45F3N6O6/c1-39(2)49(36-31-10-6-7-11-34(31)53-23-35(36)55-39)38(52)28(16-26-18-44-25-45-19-26)17-29(50)20-48-15-14-47(22-32(48)37(51)46-24-40(41,42)43)21-30-12-13-33(54-30)27-8-4-3-5-9-27/h3-13,18-19,25,28-29,32,35-36,50H,14-17,20-24H2,1-2H3,(H,46,51)/t28-,29+,32+,35-,36+/m1/s1. The van der Waals surface area contributed by atoms with Gasteiger partial charge in [0.05, 0.1) is 18.7 Å². The normalized spacial score (nSPS) is 22.3. The summed E-state index contributed by atoms with van der Waals surface area (Å²) in [4.78, 5) is 41.8. The number of aliphatic hydroxyl groups is 1. The van der Waals surface area contributed by atoms with Gasteiger partial charge in [-0.2, -0.15) is 13.2 Å². The molecular formula is C40H45F3N6O6. The first-order valence-corrected chi connectivity index (χ1v) is 18.4. The minimum atomic E-state index is -4.60. The monoisotopic (exact) mass is 762 g/mol. The molecule has 2 aromatic heterocycles. The van der Waals surface area contributed by atoms with E-state index in [1.165, 1.54) is 6.33 Å². The number of carbonyl (C=O) groups excluding carboxylic acids is 2. The number of piperazine rings is 1. The predicted molar refractivity (Wildman–Crippen MR) is 194 cm³/mol. The Morgan fingerprint density at radius 2 is 1.76 bits per heavy atom. The van der Waals surface area contributed by atoms with Crippen molar-refractivity contribution in [3.8, 4) is 17.1 Å². The molecule has 7 rings (SSSR count). The summed E-state index contributed by atoms with van der Waals surface area (Å²) in [5.41, 5.74) is 1.43. The molecule has 0 aliphatic carbocycles. The zero-order valence-corrected chi connectivity index (χ0v) is 30.7. The van der Waals surface area contributed by atoms with Gasteiger partial charge < -0.3 is 29.2 Å². The lowest BCUT2D eigenvalue weighted by atomic mass is 9.90. The van der Waals surface area contributed by atoms with Gasteiger partial charge in [-0.15, -0.1) is 0 Å². The van der Waals surface area contributed by atoms with Crippen LogP contribution >= 0.6 is 0 Å². The van der Waals surface area contributed by atoms with Crippen LogP contribution in [-0.4, -0.2) is 111 Å². The van der Waals surface area contributed by atoms with Crippen LogP contribution in [0.25, 0.3) is 11.3 Å². The fraction of sp³-hybridized carbons (Fsp3) is 0.450. The van der Waals surface area contributed by atoms with Crippen LogP contribution < -0.4 is 10.1 Å². The summed E-state index contributed by atoms with van der Waals surface area (Å²) in [5.74, 6) is 0.213. The fourth-order valence-corrected chi connectivity index (χ4v) is 7.98. The van der Waals surface area contributed by atoms with Gasteiger partial charge in [0.1, 0.15) is 54.6 Å². The van der Waals surface area contributed by atoms with Gasteiger partial charge in [0.15, 0.2) is 0 Å². The number of nitrogens with one attached hydrogen (secondary N) is 1. The van der Waals surface area contributed by atoms with Gasteiger partial charge in [0.2, 0.25) is 11.8 Å². The van der Waals surface area contributed by atoms with Crippen molar-refractivity contribution in [3.05, 3.63) is 102 Å². The van der Waals surface area contributed by atoms with E-state index in [4.69, 9.17) is 13.9 Å². The quantitative estimate of drug-likeness (QED) is 0.211. The van der Waals surface area contributed by atoms with Crippen molar-refractivity contribution in [2.75, 3.05) is 39.3 Å². The van der Waals surface area contributed by atoms with Crippen molar-refractivity contribution in [2.45, 2.75) is 69.4 Å². The highest BCUT2D eigenvalue weighted by Crippen LogP contribution is 2.48. The van der Waals surface area contributed by atoms with Crippen LogP contribution in [0.4, 0.5) is 13.2 Å². The third-order valence-corrected chi connectivity index (χ3v) is 10.4. The Morgan fingerprint density at radius 3 is 2.53 bits per heavy atom. The lowest BCUT2D eigenvalue weighted by Crippen LogP contribution is -2.60. The Morgan fingerprint density at radius 1 is 1.02 bits per heavy atom. The molecule has 3 aliphatic rings. The highest BCUT2D eigenvalue weighted by molar-refractivity contribution is 5.82. The zero-order valence-electron chi connectivity index (χ0n) is 30.7. The largest absolute Gasteiger partial charge is 0.490 e. The van der Waals surface area contributed by atoms with Crippen molar-refractivity contribution in [3.63, 3.8) is 0 Å². The van der Waals surface area contributed by atoms with Crippen molar-refractivity contribution in [2.24, 2.45) is 5.92 Å². The fourth-order valence-electron chi connectivity index (χ4n) is 7.98. The molecule has 0 saturated carbocycles. The lowest BCUT2D eigenvalue weighted by Gasteiger charge is -2.41. The van der Waals surface area contributed by atoms with E-state index < -0.39 is 54.6 Å². The second-order valence-corrected chi connectivity index (χ2v) is 14.9. The van der Waals surface area contributed by atoms with Crippen LogP contribution in [0.1, 0.15) is 43.2 Å². The molecule has 5 heterocycles. The number of alkyl halides is 3. The topological polar surface area (TPSA) is 134 Å². The number of nitrogens with zero attached hydrogens (tertiary/aromatic N) is 5. The number of fused-ring (bicyclic) bond motifs is 3. The lowest BCUT2D eigenvalue weighted by molar-refractivity contribution is -0.153. The molecular weight excluding hydrogens is 717 g/mol. The van der Waals surface area contributed by atoms with Crippen LogP contribution in [0.5, 0.6) is 5.75 Å². The summed E-state index contributed by atoms with van der Waals surface area (Å²) in [6.07, 6.45) is -1.25. The van der Waals surface area contributed by atoms with E-state index in [1.54, 1.807) is 22.2 Å². The molecule has 5 atom stereocenters. The van der Waals surface area contributed by atoms with Gasteiger partial charge in [-0.3, -0.25) is 19.4 Å². The van der Waals surface area contributed by atoms with Crippen LogP contribution in [0.3, 0.4) is 0 Å². The molecule has 3 aliphatic heterocycles. The summed E-state index contributed by atoms with van der Waals surface area (Å²) in [6.45, 7) is 3.60. The number of rotatable bonds is 12. The van der Waals surface area contributed by atoms with Crippen LogP contribution in [0.15, 0.2) is 89.9 Å². The van der Waals surface area contributed by atoms with Crippen molar-refractivity contribution in [1.82, 2.24) is 30.0 Å². The maximum absolute atomic E-state index is 14.8. The van der Waals surface area contributed by atoms with E-state index in [-0.39, 0.29) is 45.0 Å². The molecule has 2 amide bonds. The summed E-state index contributed by atoms with van der Waals surface area (Å²) in [6, 6.07) is 19.4. The number of aromatic nitrogens is 2. The van der Waals surface area contributed by atoms with Crippen molar-refractivity contribution < 1.29 is 41.8 Å². The number of para-hydroxylation sites is 1. The van der Waals surface area contributed by atoms with Crippen LogP contribution in [-0.2, 0) is 27.3 Å². The Kier molecular flexibility index (Phi) is 11.3. The molecule has 0 unspecified atom stereocenters. The third kappa shape index (κ3) is 9.01. The van der Waals surface area contributed by atoms with Crippen molar-refractivity contribution in [1.29, 1.82) is 0 Å². The molecule has 0 radical (unpaired) electrons. The highest BCUT2D eigenvalue weighted by Gasteiger charge is 2.54. The summed E-state index contributed by atoms with van der Waals surface area (Å²) in [7, 11) is 0. The summed E-state index contributed by atoms with van der Waals surface area (Å²) in [5, 5.41) is 13.7. The summed E-state index contributed by atoms with van der Waals surface area (Å²) >= 11 is 0. The molecule has 2 aromatic carbocycles. The Bertz CT molecular complexity index is 1930. The van der Waals surface area contributed by atoms with E-state index in [2.05, 4.69) is 9.97 Å². The molecule has 0 bridgehead atoms. The number of hydrogen-bond acceptors (Lipinski definition) is 10. The second kappa shape index (κ2) is 16.1. The Hall–Kier alpha value is -4.83. The number of ether oxygens (including phenoxy) is 2. The number of benzene rings is 2. The third-order valence-electron chi connectivity index (χ3n) is 10.4. The van der Waals surface area contributed by atoms with Gasteiger partial charge in [0, 0.05) is 55.6 Å². The molecule has 55 heavy (non-hydrogen) atoms. The zero-order chi connectivity index (χ0) is 38.7. The number of amides is 2. The van der Waals surface area contributed by atoms with Gasteiger partial charge in [-0.25, -0.2) is 9.97 Å². The molecule has 2 saturated heterocycles.